The molecule has 0 spiro atoms. The van der Waals surface area contributed by atoms with Gasteiger partial charge in [0, 0.05) is 12.1 Å². The maximum Gasteiger partial charge on any atom is 0.264 e. The Labute approximate surface area is 230 Å². The minimum Gasteiger partial charge on any atom is -0.350 e. The zero-order valence-corrected chi connectivity index (χ0v) is 23.7. The molecule has 1 atom stereocenters. The van der Waals surface area contributed by atoms with Gasteiger partial charge in [0.25, 0.3) is 10.0 Å². The van der Waals surface area contributed by atoms with Crippen LogP contribution in [0, 0.1) is 0 Å². The van der Waals surface area contributed by atoms with Crippen molar-refractivity contribution in [3.8, 4) is 0 Å². The number of halogens is 1. The number of nitrogens with zero attached hydrogens (tertiary/aromatic N) is 2. The van der Waals surface area contributed by atoms with Crippen LogP contribution >= 0.6 is 11.6 Å². The molecule has 3 rings (SSSR count). The molecule has 9 heteroatoms. The number of hydrogen-bond acceptors (Lipinski definition) is 4. The molecule has 7 nitrogen and oxygen atoms in total. The van der Waals surface area contributed by atoms with Gasteiger partial charge in [0.2, 0.25) is 11.8 Å². The van der Waals surface area contributed by atoms with Crippen molar-refractivity contribution in [2.75, 3.05) is 17.4 Å². The van der Waals surface area contributed by atoms with Crippen LogP contribution in [0.5, 0.6) is 0 Å². The van der Waals surface area contributed by atoms with E-state index in [0.29, 0.717) is 6.42 Å². The topological polar surface area (TPSA) is 86.8 Å². The molecule has 38 heavy (non-hydrogen) atoms. The molecule has 0 heterocycles. The van der Waals surface area contributed by atoms with Crippen LogP contribution in [0.3, 0.4) is 0 Å². The molecule has 0 aliphatic heterocycles. The Morgan fingerprint density at radius 1 is 0.895 bits per heavy atom. The summed E-state index contributed by atoms with van der Waals surface area (Å²) in [6.45, 7) is 6.93. The largest absolute Gasteiger partial charge is 0.350 e. The molecular weight excluding hydrogens is 522 g/mol. The monoisotopic (exact) mass is 555 g/mol. The van der Waals surface area contributed by atoms with Crippen molar-refractivity contribution in [1.82, 2.24) is 10.2 Å². The van der Waals surface area contributed by atoms with Crippen LogP contribution in [0.2, 0.25) is 5.02 Å². The Bertz CT molecular complexity index is 1340. The maximum atomic E-state index is 13.8. The van der Waals surface area contributed by atoms with Crippen LogP contribution in [0.25, 0.3) is 0 Å². The highest BCUT2D eigenvalue weighted by atomic mass is 35.5. The normalized spacial score (nSPS) is 12.4. The van der Waals surface area contributed by atoms with E-state index < -0.39 is 34.1 Å². The van der Waals surface area contributed by atoms with Gasteiger partial charge < -0.3 is 10.2 Å². The Balaban J connectivity index is 1.98. The average Bonchev–Trinajstić information content (AvgIpc) is 2.88. The van der Waals surface area contributed by atoms with Crippen molar-refractivity contribution >= 4 is 39.1 Å². The molecule has 0 saturated heterocycles. The summed E-state index contributed by atoms with van der Waals surface area (Å²) in [7, 11) is -4.15. The van der Waals surface area contributed by atoms with Gasteiger partial charge in [-0.05, 0) is 63.9 Å². The summed E-state index contributed by atoms with van der Waals surface area (Å²) in [6.07, 6.45) is 0.497. The van der Waals surface area contributed by atoms with E-state index in [1.165, 1.54) is 17.0 Å². The minimum absolute atomic E-state index is 0.0297. The fourth-order valence-electron chi connectivity index (χ4n) is 3.93. The van der Waals surface area contributed by atoms with Crippen molar-refractivity contribution < 1.29 is 18.0 Å². The van der Waals surface area contributed by atoms with Crippen molar-refractivity contribution in [3.63, 3.8) is 0 Å². The zero-order valence-electron chi connectivity index (χ0n) is 22.1. The molecule has 0 radical (unpaired) electrons. The first kappa shape index (κ1) is 29.2. The number of nitrogens with one attached hydrogen (secondary N) is 1. The highest BCUT2D eigenvalue weighted by Gasteiger charge is 2.33. The third-order valence-corrected chi connectivity index (χ3v) is 7.97. The Morgan fingerprint density at radius 2 is 1.45 bits per heavy atom. The summed E-state index contributed by atoms with van der Waals surface area (Å²) in [5.74, 6) is -0.842. The molecule has 0 unspecified atom stereocenters. The minimum atomic E-state index is -4.15. The Kier molecular flexibility index (Phi) is 9.57. The standard InChI is InChI=1S/C29H34ClN3O4S/c1-22(28(35)31-29(2,3)4)32(20-19-23-13-7-5-8-14-23)27(34)21-33(26-18-12-11-17-25(26)30)38(36,37)24-15-9-6-10-16-24/h5-18,22H,19-21H2,1-4H3,(H,31,35)/t22-/m0/s1. The van der Waals surface area contributed by atoms with Gasteiger partial charge >= 0.3 is 0 Å². The first-order valence-corrected chi connectivity index (χ1v) is 14.2. The SMILES string of the molecule is C[C@@H](C(=O)NC(C)(C)C)N(CCc1ccccc1)C(=O)CN(c1ccccc1Cl)S(=O)(=O)c1ccccc1. The predicted molar refractivity (Wildman–Crippen MR) is 152 cm³/mol. The predicted octanol–water partition coefficient (Wildman–Crippen LogP) is 4.91. The van der Waals surface area contributed by atoms with Crippen LogP contribution in [-0.4, -0.2) is 49.8 Å². The van der Waals surface area contributed by atoms with E-state index in [0.717, 1.165) is 9.87 Å². The Hall–Kier alpha value is -3.36. The second-order valence-electron chi connectivity index (χ2n) is 10.0. The van der Waals surface area contributed by atoms with E-state index in [1.54, 1.807) is 49.4 Å². The number of carbonyl (C=O) groups excluding carboxylic acids is 2. The summed E-state index contributed by atoms with van der Waals surface area (Å²) < 4.78 is 28.5. The molecule has 0 aliphatic rings. The van der Waals surface area contributed by atoms with Crippen molar-refractivity contribution in [2.24, 2.45) is 0 Å². The smallest absolute Gasteiger partial charge is 0.264 e. The molecule has 2 amide bonds. The molecule has 3 aromatic carbocycles. The molecule has 3 aromatic rings. The summed E-state index contributed by atoms with van der Waals surface area (Å²) >= 11 is 6.41. The van der Waals surface area contributed by atoms with Crippen LogP contribution in [0.1, 0.15) is 33.3 Å². The number of carbonyl (C=O) groups is 2. The van der Waals surface area contributed by atoms with Gasteiger partial charge in [-0.3, -0.25) is 13.9 Å². The van der Waals surface area contributed by atoms with E-state index in [-0.39, 0.29) is 28.1 Å². The third kappa shape index (κ3) is 7.58. The van der Waals surface area contributed by atoms with E-state index in [1.807, 2.05) is 51.1 Å². The molecule has 0 aromatic heterocycles. The van der Waals surface area contributed by atoms with Crippen molar-refractivity contribution in [3.05, 3.63) is 95.5 Å². The number of sulfonamides is 1. The number of rotatable bonds is 10. The van der Waals surface area contributed by atoms with Crippen LogP contribution < -0.4 is 9.62 Å². The lowest BCUT2D eigenvalue weighted by atomic mass is 10.1. The molecule has 202 valence electrons. The quantitative estimate of drug-likeness (QED) is 0.385. The number of amides is 2. The molecule has 0 aliphatic carbocycles. The van der Waals surface area contributed by atoms with E-state index in [2.05, 4.69) is 5.32 Å². The second kappa shape index (κ2) is 12.5. The van der Waals surface area contributed by atoms with Crippen LogP contribution in [0.15, 0.2) is 89.8 Å². The summed E-state index contributed by atoms with van der Waals surface area (Å²) in [5, 5.41) is 3.11. The van der Waals surface area contributed by atoms with Gasteiger partial charge in [-0.15, -0.1) is 0 Å². The number of benzene rings is 3. The summed E-state index contributed by atoms with van der Waals surface area (Å²) in [5.41, 5.74) is 0.675. The van der Waals surface area contributed by atoms with Gasteiger partial charge in [0.05, 0.1) is 15.6 Å². The molecule has 0 fully saturated rings. The summed E-state index contributed by atoms with van der Waals surface area (Å²) in [4.78, 5) is 28.4. The first-order valence-electron chi connectivity index (χ1n) is 12.4. The number of anilines is 1. The fourth-order valence-corrected chi connectivity index (χ4v) is 5.67. The molecule has 1 N–H and O–H groups in total. The third-order valence-electron chi connectivity index (χ3n) is 5.88. The highest BCUT2D eigenvalue weighted by molar-refractivity contribution is 7.92. The van der Waals surface area contributed by atoms with E-state index in [4.69, 9.17) is 11.6 Å². The molecule has 0 saturated carbocycles. The van der Waals surface area contributed by atoms with Gasteiger partial charge in [-0.25, -0.2) is 8.42 Å². The summed E-state index contributed by atoms with van der Waals surface area (Å²) in [6, 6.07) is 23.1. The maximum absolute atomic E-state index is 13.8. The zero-order chi connectivity index (χ0) is 27.9. The van der Waals surface area contributed by atoms with Crippen molar-refractivity contribution in [1.29, 1.82) is 0 Å². The number of hydrogen-bond donors (Lipinski definition) is 1. The average molecular weight is 556 g/mol. The van der Waals surface area contributed by atoms with Gasteiger partial charge in [-0.1, -0.05) is 72.3 Å². The van der Waals surface area contributed by atoms with Crippen molar-refractivity contribution in [2.45, 2.75) is 50.6 Å². The van der Waals surface area contributed by atoms with E-state index in [9.17, 15) is 18.0 Å². The fraction of sp³-hybridized carbons (Fsp3) is 0.310. The van der Waals surface area contributed by atoms with Crippen LogP contribution in [-0.2, 0) is 26.0 Å². The highest BCUT2D eigenvalue weighted by Crippen LogP contribution is 2.30. The second-order valence-corrected chi connectivity index (χ2v) is 12.3. The first-order chi connectivity index (χ1) is 17.9. The van der Waals surface area contributed by atoms with Crippen LogP contribution in [0.4, 0.5) is 5.69 Å². The Morgan fingerprint density at radius 3 is 2.03 bits per heavy atom. The van der Waals surface area contributed by atoms with Gasteiger partial charge in [-0.2, -0.15) is 0 Å². The lowest BCUT2D eigenvalue weighted by Gasteiger charge is -2.33. The number of para-hydroxylation sites is 1. The van der Waals surface area contributed by atoms with Gasteiger partial charge in [0.1, 0.15) is 12.6 Å². The lowest BCUT2D eigenvalue weighted by molar-refractivity contribution is -0.139. The lowest BCUT2D eigenvalue weighted by Crippen LogP contribution is -2.55. The molecular formula is C29H34ClN3O4S. The van der Waals surface area contributed by atoms with Gasteiger partial charge in [0.15, 0.2) is 0 Å². The molecule has 0 bridgehead atoms. The van der Waals surface area contributed by atoms with E-state index >= 15 is 0 Å².